The second kappa shape index (κ2) is 6.64. The molecule has 1 heterocycles. The molecule has 1 aromatic carbocycles. The molecule has 0 aromatic heterocycles. The smallest absolute Gasteiger partial charge is 0.137 e. The second-order valence-electron chi connectivity index (χ2n) is 4.90. The molecule has 0 radical (unpaired) electrons. The van der Waals surface area contributed by atoms with Crippen molar-refractivity contribution in [2.45, 2.75) is 25.3 Å². The molecule has 4 heteroatoms. The summed E-state index contributed by atoms with van der Waals surface area (Å²) >= 11 is 3.23. The van der Waals surface area contributed by atoms with Crippen molar-refractivity contribution in [1.82, 2.24) is 5.32 Å². The van der Waals surface area contributed by atoms with Crippen molar-refractivity contribution in [3.8, 4) is 0 Å². The molecule has 0 bridgehead atoms. The molecule has 1 aliphatic rings. The van der Waals surface area contributed by atoms with E-state index in [1.54, 1.807) is 0 Å². The van der Waals surface area contributed by atoms with Crippen LogP contribution in [0.1, 0.15) is 18.4 Å². The molecular weight excluding hydrogens is 297 g/mol. The van der Waals surface area contributed by atoms with Crippen LogP contribution in [0, 0.1) is 11.7 Å². The number of ether oxygens (including phenoxy) is 1. The zero-order valence-electron chi connectivity index (χ0n) is 10.6. The Hall–Kier alpha value is -0.450. The molecule has 1 aliphatic heterocycles. The third-order valence-electron chi connectivity index (χ3n) is 3.52. The molecule has 2 atom stereocenters. The van der Waals surface area contributed by atoms with Crippen LogP contribution in [0.2, 0.25) is 0 Å². The molecule has 0 spiro atoms. The van der Waals surface area contributed by atoms with Gasteiger partial charge in [-0.1, -0.05) is 6.07 Å². The van der Waals surface area contributed by atoms with E-state index < -0.39 is 0 Å². The Labute approximate surface area is 116 Å². The van der Waals surface area contributed by atoms with Crippen LogP contribution >= 0.6 is 15.9 Å². The Morgan fingerprint density at radius 3 is 3.00 bits per heavy atom. The van der Waals surface area contributed by atoms with Crippen LogP contribution < -0.4 is 5.32 Å². The van der Waals surface area contributed by atoms with Gasteiger partial charge in [-0.25, -0.2) is 4.39 Å². The van der Waals surface area contributed by atoms with Crippen molar-refractivity contribution in [3.63, 3.8) is 0 Å². The van der Waals surface area contributed by atoms with Crippen LogP contribution in [-0.4, -0.2) is 26.3 Å². The van der Waals surface area contributed by atoms with Crippen molar-refractivity contribution < 1.29 is 9.13 Å². The number of hydrogen-bond acceptors (Lipinski definition) is 2. The Morgan fingerprint density at radius 1 is 1.56 bits per heavy atom. The molecule has 0 saturated carbocycles. The lowest BCUT2D eigenvalue weighted by Gasteiger charge is -2.19. The van der Waals surface area contributed by atoms with Gasteiger partial charge in [0.05, 0.1) is 4.47 Å². The first-order valence-corrected chi connectivity index (χ1v) is 7.17. The number of rotatable bonds is 5. The van der Waals surface area contributed by atoms with E-state index in [-0.39, 0.29) is 5.82 Å². The fourth-order valence-electron chi connectivity index (χ4n) is 2.43. The van der Waals surface area contributed by atoms with Gasteiger partial charge >= 0.3 is 0 Å². The summed E-state index contributed by atoms with van der Waals surface area (Å²) < 4.78 is 19.1. The average Bonchev–Trinajstić information content (AvgIpc) is 2.86. The van der Waals surface area contributed by atoms with E-state index in [0.717, 1.165) is 38.0 Å². The zero-order chi connectivity index (χ0) is 13.0. The minimum atomic E-state index is -0.205. The van der Waals surface area contributed by atoms with E-state index >= 15 is 0 Å². The molecule has 1 aromatic rings. The van der Waals surface area contributed by atoms with Crippen LogP contribution in [0.4, 0.5) is 4.39 Å². The molecule has 100 valence electrons. The Kier molecular flexibility index (Phi) is 5.15. The number of nitrogens with one attached hydrogen (secondary N) is 1. The number of halogens is 2. The number of hydrogen-bond donors (Lipinski definition) is 1. The Balaban J connectivity index is 1.94. The summed E-state index contributed by atoms with van der Waals surface area (Å²) in [5.41, 5.74) is 1.15. The minimum absolute atomic E-state index is 0.205. The molecule has 1 saturated heterocycles. The lowest BCUT2D eigenvalue weighted by atomic mass is 9.94. The van der Waals surface area contributed by atoms with Crippen molar-refractivity contribution >= 4 is 15.9 Å². The average molecular weight is 316 g/mol. The van der Waals surface area contributed by atoms with Gasteiger partial charge < -0.3 is 10.1 Å². The van der Waals surface area contributed by atoms with Crippen LogP contribution in [0.5, 0.6) is 0 Å². The van der Waals surface area contributed by atoms with Gasteiger partial charge in [0.1, 0.15) is 5.82 Å². The minimum Gasteiger partial charge on any atom is -0.381 e. The molecule has 2 nitrogen and oxygen atoms in total. The third-order valence-corrected chi connectivity index (χ3v) is 4.12. The normalized spacial score (nSPS) is 21.2. The molecule has 2 unspecified atom stereocenters. The van der Waals surface area contributed by atoms with Gasteiger partial charge in [-0.2, -0.15) is 0 Å². The van der Waals surface area contributed by atoms with E-state index in [4.69, 9.17) is 4.74 Å². The van der Waals surface area contributed by atoms with Crippen LogP contribution in [-0.2, 0) is 11.2 Å². The van der Waals surface area contributed by atoms with Gasteiger partial charge in [-0.3, -0.25) is 0 Å². The van der Waals surface area contributed by atoms with Crippen molar-refractivity contribution in [1.29, 1.82) is 0 Å². The van der Waals surface area contributed by atoms with Crippen molar-refractivity contribution in [2.75, 3.05) is 20.3 Å². The van der Waals surface area contributed by atoms with Crippen LogP contribution in [0.3, 0.4) is 0 Å². The van der Waals surface area contributed by atoms with E-state index in [1.807, 2.05) is 19.2 Å². The molecule has 2 rings (SSSR count). The Bertz CT molecular complexity index is 393. The first-order chi connectivity index (χ1) is 8.69. The number of likely N-dealkylation sites (N-methyl/N-ethyl adjacent to an activating group) is 1. The molecule has 0 amide bonds. The van der Waals surface area contributed by atoms with Gasteiger partial charge in [-0.15, -0.1) is 0 Å². The van der Waals surface area contributed by atoms with E-state index in [2.05, 4.69) is 21.2 Å². The highest BCUT2D eigenvalue weighted by molar-refractivity contribution is 9.10. The zero-order valence-corrected chi connectivity index (χ0v) is 12.2. The van der Waals surface area contributed by atoms with E-state index in [1.165, 1.54) is 6.07 Å². The summed E-state index contributed by atoms with van der Waals surface area (Å²) in [6, 6.07) is 5.67. The fourth-order valence-corrected chi connectivity index (χ4v) is 2.85. The molecular formula is C14H19BrFNO. The van der Waals surface area contributed by atoms with Crippen LogP contribution in [0.15, 0.2) is 22.7 Å². The predicted octanol–water partition coefficient (Wildman–Crippen LogP) is 3.15. The highest BCUT2D eigenvalue weighted by Crippen LogP contribution is 2.22. The standard InChI is InChI=1S/C14H19BrFNO/c1-17-12(7-11-4-5-18-9-11)6-10-2-3-14(16)13(15)8-10/h2-3,8,11-12,17H,4-7,9H2,1H3. The second-order valence-corrected chi connectivity index (χ2v) is 5.76. The van der Waals surface area contributed by atoms with Gasteiger partial charge in [0.15, 0.2) is 0 Å². The third kappa shape index (κ3) is 3.77. The summed E-state index contributed by atoms with van der Waals surface area (Å²) in [7, 11) is 1.99. The summed E-state index contributed by atoms with van der Waals surface area (Å²) in [6.45, 7) is 1.77. The van der Waals surface area contributed by atoms with Crippen LogP contribution in [0.25, 0.3) is 0 Å². The highest BCUT2D eigenvalue weighted by Gasteiger charge is 2.20. The summed E-state index contributed by atoms with van der Waals surface area (Å²) in [6.07, 6.45) is 3.20. The largest absolute Gasteiger partial charge is 0.381 e. The SMILES string of the molecule is CNC(Cc1ccc(F)c(Br)c1)CC1CCOC1. The van der Waals surface area contributed by atoms with E-state index in [9.17, 15) is 4.39 Å². The number of benzene rings is 1. The van der Waals surface area contributed by atoms with Crippen molar-refractivity contribution in [3.05, 3.63) is 34.1 Å². The van der Waals surface area contributed by atoms with Gasteiger partial charge in [0.25, 0.3) is 0 Å². The molecule has 1 fully saturated rings. The lowest BCUT2D eigenvalue weighted by Crippen LogP contribution is -2.30. The maximum absolute atomic E-state index is 13.2. The topological polar surface area (TPSA) is 21.3 Å². The van der Waals surface area contributed by atoms with Gasteiger partial charge in [0.2, 0.25) is 0 Å². The summed E-state index contributed by atoms with van der Waals surface area (Å²) in [4.78, 5) is 0. The van der Waals surface area contributed by atoms with Crippen molar-refractivity contribution in [2.24, 2.45) is 5.92 Å². The van der Waals surface area contributed by atoms with E-state index in [0.29, 0.717) is 16.4 Å². The predicted molar refractivity (Wildman–Crippen MR) is 74.2 cm³/mol. The fraction of sp³-hybridized carbons (Fsp3) is 0.571. The Morgan fingerprint density at radius 2 is 2.39 bits per heavy atom. The first kappa shape index (κ1) is 14.0. The van der Waals surface area contributed by atoms with Gasteiger partial charge in [-0.05, 0) is 65.9 Å². The maximum atomic E-state index is 13.2. The lowest BCUT2D eigenvalue weighted by molar-refractivity contribution is 0.181. The molecule has 0 aliphatic carbocycles. The highest BCUT2D eigenvalue weighted by atomic mass is 79.9. The quantitative estimate of drug-likeness (QED) is 0.901. The molecule has 18 heavy (non-hydrogen) atoms. The summed E-state index contributed by atoms with van der Waals surface area (Å²) in [5, 5.41) is 3.35. The monoisotopic (exact) mass is 315 g/mol. The maximum Gasteiger partial charge on any atom is 0.137 e. The van der Waals surface area contributed by atoms with Gasteiger partial charge in [0, 0.05) is 19.3 Å². The molecule has 1 N–H and O–H groups in total. The first-order valence-electron chi connectivity index (χ1n) is 6.38. The summed E-state index contributed by atoms with van der Waals surface area (Å²) in [5.74, 6) is 0.454.